The Bertz CT molecular complexity index is 1040. The second-order valence-corrected chi connectivity index (χ2v) is 15.9. The number of esters is 2. The standard InChI is InChI=1S/C47H83NO7/c1-6-8-10-12-14-16-18-20-21-22-23-24-25-26-28-29-31-33-35-37-45(49)54-42-43(41-53-40-39-44(47(51)52)48(3,4)5)55-46(50)38-36-34-32-30-27-19-17-15-13-11-9-7-2/h8,10,14-17,20-21,43-44H,6-7,9,11-13,18-19,22-42H2,1-5H3/p+1/b10-8+,16-14+,17-15+,21-20+. The molecule has 0 fully saturated rings. The second-order valence-electron chi connectivity index (χ2n) is 15.9. The minimum atomic E-state index is -0.878. The SMILES string of the molecule is CC/C=C/C/C=C/C/C=C/CCCCCCCCCCCC(=O)OCC(COCCC(C(=O)O)[N+](C)(C)C)OC(=O)CCCCCCC/C=C/CCCCC. The number of nitrogens with zero attached hydrogens (tertiary/aromatic N) is 1. The van der Waals surface area contributed by atoms with Crippen LogP contribution in [0, 0.1) is 0 Å². The maximum atomic E-state index is 12.7. The Morgan fingerprint density at radius 3 is 1.53 bits per heavy atom. The lowest BCUT2D eigenvalue weighted by Gasteiger charge is -2.31. The monoisotopic (exact) mass is 775 g/mol. The quantitative estimate of drug-likeness (QED) is 0.0287. The Hall–Kier alpha value is -2.71. The highest BCUT2D eigenvalue weighted by Crippen LogP contribution is 2.14. The molecule has 318 valence electrons. The molecule has 55 heavy (non-hydrogen) atoms. The number of allylic oxidation sites excluding steroid dienone is 8. The summed E-state index contributed by atoms with van der Waals surface area (Å²) in [5, 5.41) is 9.61. The van der Waals surface area contributed by atoms with Gasteiger partial charge in [0.25, 0.3) is 0 Å². The van der Waals surface area contributed by atoms with Gasteiger partial charge in [-0.15, -0.1) is 0 Å². The first kappa shape index (κ1) is 52.3. The molecule has 0 aromatic rings. The van der Waals surface area contributed by atoms with Crippen LogP contribution in [0.3, 0.4) is 0 Å². The largest absolute Gasteiger partial charge is 0.477 e. The van der Waals surface area contributed by atoms with Gasteiger partial charge in [-0.2, -0.15) is 0 Å². The van der Waals surface area contributed by atoms with Gasteiger partial charge in [0.05, 0.1) is 34.4 Å². The van der Waals surface area contributed by atoms with E-state index in [1.807, 2.05) is 21.1 Å². The number of ether oxygens (including phenoxy) is 3. The number of quaternary nitrogens is 1. The molecule has 0 aliphatic heterocycles. The molecule has 0 saturated carbocycles. The van der Waals surface area contributed by atoms with Gasteiger partial charge in [-0.25, -0.2) is 4.79 Å². The van der Waals surface area contributed by atoms with Gasteiger partial charge in [0.1, 0.15) is 6.61 Å². The molecule has 0 bridgehead atoms. The van der Waals surface area contributed by atoms with Gasteiger partial charge < -0.3 is 23.8 Å². The smallest absolute Gasteiger partial charge is 0.362 e. The molecule has 0 aromatic heterocycles. The molecule has 8 heteroatoms. The van der Waals surface area contributed by atoms with E-state index in [2.05, 4.69) is 62.5 Å². The van der Waals surface area contributed by atoms with Gasteiger partial charge in [0, 0.05) is 19.3 Å². The summed E-state index contributed by atoms with van der Waals surface area (Å²) in [5.41, 5.74) is 0. The first-order valence-electron chi connectivity index (χ1n) is 22.2. The average molecular weight is 775 g/mol. The predicted molar refractivity (Wildman–Crippen MR) is 229 cm³/mol. The lowest BCUT2D eigenvalue weighted by atomic mass is 10.1. The van der Waals surface area contributed by atoms with Crippen LogP contribution in [0.5, 0.6) is 0 Å². The van der Waals surface area contributed by atoms with Crippen LogP contribution in [-0.4, -0.2) is 80.6 Å². The summed E-state index contributed by atoms with van der Waals surface area (Å²) in [5.74, 6) is -1.49. The highest BCUT2D eigenvalue weighted by atomic mass is 16.6. The van der Waals surface area contributed by atoms with E-state index in [9.17, 15) is 19.5 Å². The molecule has 0 aliphatic rings. The van der Waals surface area contributed by atoms with Crippen molar-refractivity contribution < 1.29 is 38.2 Å². The Morgan fingerprint density at radius 2 is 1.02 bits per heavy atom. The zero-order valence-electron chi connectivity index (χ0n) is 36.1. The summed E-state index contributed by atoms with van der Waals surface area (Å²) in [7, 11) is 5.52. The third kappa shape index (κ3) is 36.7. The first-order valence-corrected chi connectivity index (χ1v) is 22.2. The third-order valence-electron chi connectivity index (χ3n) is 9.71. The second kappa shape index (κ2) is 38.2. The van der Waals surface area contributed by atoms with Gasteiger partial charge >= 0.3 is 17.9 Å². The molecule has 0 rings (SSSR count). The molecule has 2 unspecified atom stereocenters. The maximum Gasteiger partial charge on any atom is 0.362 e. The Balaban J connectivity index is 4.30. The number of carbonyl (C=O) groups excluding carboxylic acids is 2. The lowest BCUT2D eigenvalue weighted by Crippen LogP contribution is -2.50. The number of likely N-dealkylation sites (N-methyl/N-ethyl adjacent to an activating group) is 1. The van der Waals surface area contributed by atoms with Crippen molar-refractivity contribution in [1.82, 2.24) is 0 Å². The summed E-state index contributed by atoms with van der Waals surface area (Å²) >= 11 is 0. The normalized spacial score (nSPS) is 13.4. The molecule has 1 N–H and O–H groups in total. The molecule has 0 aromatic carbocycles. The maximum absolute atomic E-state index is 12.7. The summed E-state index contributed by atoms with van der Waals surface area (Å²) < 4.78 is 17.3. The van der Waals surface area contributed by atoms with E-state index in [1.54, 1.807) is 0 Å². The summed E-state index contributed by atoms with van der Waals surface area (Å²) in [6, 6.07) is -0.616. The van der Waals surface area contributed by atoms with Crippen molar-refractivity contribution in [3.63, 3.8) is 0 Å². The van der Waals surface area contributed by atoms with Gasteiger partial charge in [-0.05, 0) is 70.6 Å². The number of rotatable bonds is 39. The number of carboxylic acids is 1. The van der Waals surface area contributed by atoms with E-state index in [4.69, 9.17) is 14.2 Å². The highest BCUT2D eigenvalue weighted by molar-refractivity contribution is 5.72. The fourth-order valence-corrected chi connectivity index (χ4v) is 6.28. The van der Waals surface area contributed by atoms with Gasteiger partial charge in [-0.3, -0.25) is 9.59 Å². The molecule has 2 atom stereocenters. The van der Waals surface area contributed by atoms with E-state index in [-0.39, 0.29) is 36.2 Å². The van der Waals surface area contributed by atoms with Crippen molar-refractivity contribution in [3.8, 4) is 0 Å². The minimum Gasteiger partial charge on any atom is -0.477 e. The van der Waals surface area contributed by atoms with Crippen molar-refractivity contribution in [1.29, 1.82) is 0 Å². The molecular weight excluding hydrogens is 691 g/mol. The zero-order chi connectivity index (χ0) is 40.7. The number of hydrogen-bond acceptors (Lipinski definition) is 6. The number of carbonyl (C=O) groups is 3. The van der Waals surface area contributed by atoms with Crippen molar-refractivity contribution in [2.75, 3.05) is 41.0 Å². The van der Waals surface area contributed by atoms with Crippen LogP contribution < -0.4 is 0 Å². The van der Waals surface area contributed by atoms with Crippen molar-refractivity contribution in [2.24, 2.45) is 0 Å². The number of aliphatic carboxylic acids is 1. The lowest BCUT2D eigenvalue weighted by molar-refractivity contribution is -0.887. The molecule has 0 aliphatic carbocycles. The predicted octanol–water partition coefficient (Wildman–Crippen LogP) is 12.0. The molecule has 0 saturated heterocycles. The number of hydrogen-bond donors (Lipinski definition) is 1. The van der Waals surface area contributed by atoms with Crippen LogP contribution >= 0.6 is 0 Å². The highest BCUT2D eigenvalue weighted by Gasteiger charge is 2.31. The van der Waals surface area contributed by atoms with E-state index >= 15 is 0 Å². The van der Waals surface area contributed by atoms with Crippen molar-refractivity contribution >= 4 is 17.9 Å². The Labute approximate surface area is 337 Å². The molecule has 0 heterocycles. The average Bonchev–Trinajstić information content (AvgIpc) is 3.14. The fourth-order valence-electron chi connectivity index (χ4n) is 6.28. The molecule has 0 amide bonds. The van der Waals surface area contributed by atoms with Crippen LogP contribution in [0.25, 0.3) is 0 Å². The van der Waals surface area contributed by atoms with E-state index in [0.717, 1.165) is 77.0 Å². The van der Waals surface area contributed by atoms with Crippen LogP contribution in [0.2, 0.25) is 0 Å². The number of unbranched alkanes of at least 4 members (excludes halogenated alkanes) is 17. The number of carboxylic acid groups (broad SMARTS) is 1. The first-order chi connectivity index (χ1) is 26.6. The summed E-state index contributed by atoms with van der Waals surface area (Å²) in [6.07, 6.45) is 44.4. The minimum absolute atomic E-state index is 0.0557. The summed E-state index contributed by atoms with van der Waals surface area (Å²) in [4.78, 5) is 36.9. The third-order valence-corrected chi connectivity index (χ3v) is 9.71. The topological polar surface area (TPSA) is 99.1 Å². The summed E-state index contributed by atoms with van der Waals surface area (Å²) in [6.45, 7) is 4.59. The molecular formula is C47H84NO7+. The fraction of sp³-hybridized carbons (Fsp3) is 0.766. The van der Waals surface area contributed by atoms with Gasteiger partial charge in [-0.1, -0.05) is 140 Å². The van der Waals surface area contributed by atoms with Crippen LogP contribution in [-0.2, 0) is 28.6 Å². The Morgan fingerprint density at radius 1 is 0.564 bits per heavy atom. The van der Waals surface area contributed by atoms with Crippen LogP contribution in [0.15, 0.2) is 48.6 Å². The van der Waals surface area contributed by atoms with Crippen LogP contribution in [0.1, 0.15) is 181 Å². The van der Waals surface area contributed by atoms with Gasteiger partial charge in [0.15, 0.2) is 12.1 Å². The molecule has 0 radical (unpaired) electrons. The van der Waals surface area contributed by atoms with Crippen molar-refractivity contribution in [3.05, 3.63) is 48.6 Å². The van der Waals surface area contributed by atoms with Crippen molar-refractivity contribution in [2.45, 2.75) is 193 Å². The van der Waals surface area contributed by atoms with Crippen LogP contribution in [0.4, 0.5) is 0 Å². The Kier molecular flexibility index (Phi) is 36.3. The van der Waals surface area contributed by atoms with E-state index < -0.39 is 18.1 Å². The van der Waals surface area contributed by atoms with Gasteiger partial charge in [0.2, 0.25) is 0 Å². The molecule has 8 nitrogen and oxygen atoms in total. The van der Waals surface area contributed by atoms with E-state index in [0.29, 0.717) is 19.3 Å². The van der Waals surface area contributed by atoms with E-state index in [1.165, 1.54) is 70.6 Å². The molecule has 0 spiro atoms. The zero-order valence-corrected chi connectivity index (χ0v) is 36.1.